The molecule has 7 nitrogen and oxygen atoms in total. The van der Waals surface area contributed by atoms with Crippen LogP contribution < -0.4 is 10.6 Å². The fourth-order valence-corrected chi connectivity index (χ4v) is 4.03. The van der Waals surface area contributed by atoms with Crippen molar-refractivity contribution < 1.29 is 9.59 Å². The number of hydrogen-bond donors (Lipinski definition) is 2. The van der Waals surface area contributed by atoms with E-state index in [0.29, 0.717) is 28.9 Å². The van der Waals surface area contributed by atoms with Crippen molar-refractivity contribution in [2.75, 3.05) is 6.54 Å². The molecule has 7 heteroatoms. The molecule has 2 amide bonds. The summed E-state index contributed by atoms with van der Waals surface area (Å²) >= 11 is 0. The van der Waals surface area contributed by atoms with Gasteiger partial charge in [0.1, 0.15) is 5.82 Å². The topological polar surface area (TPSA) is 96.9 Å². The fourth-order valence-electron chi connectivity index (χ4n) is 4.03. The predicted molar refractivity (Wildman–Crippen MR) is 110 cm³/mol. The van der Waals surface area contributed by atoms with Gasteiger partial charge in [0.05, 0.1) is 23.0 Å². The molecule has 0 aromatic carbocycles. The third kappa shape index (κ3) is 5.59. The number of carbonyl (C=O) groups is 2. The van der Waals surface area contributed by atoms with Gasteiger partial charge < -0.3 is 10.6 Å². The Balaban J connectivity index is 1.73. The molecule has 3 rings (SSSR count). The van der Waals surface area contributed by atoms with Crippen LogP contribution >= 0.6 is 0 Å². The molecular weight excluding hydrogens is 366 g/mol. The SMILES string of the molecule is CC(=O)NCC1CCC(C(NC(=O)c2cnc(C)nc2C)c2ccccn2)CC1. The average Bonchev–Trinajstić information content (AvgIpc) is 2.71. The fraction of sp³-hybridized carbons (Fsp3) is 0.500. The van der Waals surface area contributed by atoms with Crippen molar-refractivity contribution in [3.05, 3.63) is 53.4 Å². The number of pyridine rings is 1. The predicted octanol–water partition coefficient (Wildman–Crippen LogP) is 2.90. The lowest BCUT2D eigenvalue weighted by atomic mass is 9.77. The molecule has 2 aromatic rings. The number of nitrogens with zero attached hydrogens (tertiary/aromatic N) is 3. The van der Waals surface area contributed by atoms with E-state index in [2.05, 4.69) is 25.6 Å². The molecule has 0 aliphatic heterocycles. The van der Waals surface area contributed by atoms with Crippen LogP contribution in [0.25, 0.3) is 0 Å². The maximum absolute atomic E-state index is 13.0. The first-order valence-electron chi connectivity index (χ1n) is 10.2. The van der Waals surface area contributed by atoms with E-state index in [0.717, 1.165) is 37.9 Å². The highest BCUT2D eigenvalue weighted by Crippen LogP contribution is 2.36. The third-order valence-electron chi connectivity index (χ3n) is 5.64. The Morgan fingerprint density at radius 3 is 2.52 bits per heavy atom. The van der Waals surface area contributed by atoms with E-state index in [1.807, 2.05) is 32.0 Å². The maximum atomic E-state index is 13.0. The van der Waals surface area contributed by atoms with Gasteiger partial charge in [0, 0.05) is 25.9 Å². The van der Waals surface area contributed by atoms with Crippen LogP contribution in [0.5, 0.6) is 0 Å². The van der Waals surface area contributed by atoms with Crippen LogP contribution in [0.1, 0.15) is 66.2 Å². The molecule has 154 valence electrons. The number of carbonyl (C=O) groups excluding carboxylic acids is 2. The second-order valence-corrected chi connectivity index (χ2v) is 7.84. The standard InChI is InChI=1S/C22H29N5O2/c1-14-19(13-24-15(2)26-14)22(29)27-21(20-6-4-5-11-23-20)18-9-7-17(8-10-18)12-25-16(3)28/h4-6,11,13,17-18,21H,7-10,12H2,1-3H3,(H,25,28)(H,27,29). The molecule has 0 spiro atoms. The van der Waals surface area contributed by atoms with Crippen molar-refractivity contribution in [3.63, 3.8) is 0 Å². The number of aromatic nitrogens is 3. The normalized spacial score (nSPS) is 20.0. The lowest BCUT2D eigenvalue weighted by Gasteiger charge is -2.34. The van der Waals surface area contributed by atoms with Gasteiger partial charge in [-0.3, -0.25) is 14.6 Å². The highest BCUT2D eigenvalue weighted by atomic mass is 16.2. The molecule has 1 aliphatic carbocycles. The van der Waals surface area contributed by atoms with E-state index in [1.54, 1.807) is 19.3 Å². The summed E-state index contributed by atoms with van der Waals surface area (Å²) in [7, 11) is 0. The van der Waals surface area contributed by atoms with E-state index < -0.39 is 0 Å². The van der Waals surface area contributed by atoms with Gasteiger partial charge in [0.2, 0.25) is 5.91 Å². The summed E-state index contributed by atoms with van der Waals surface area (Å²) in [5, 5.41) is 6.11. The van der Waals surface area contributed by atoms with E-state index in [4.69, 9.17) is 0 Å². The van der Waals surface area contributed by atoms with E-state index in [9.17, 15) is 9.59 Å². The monoisotopic (exact) mass is 395 g/mol. The van der Waals surface area contributed by atoms with E-state index in [-0.39, 0.29) is 17.9 Å². The Labute approximate surface area is 171 Å². The zero-order valence-corrected chi connectivity index (χ0v) is 17.3. The summed E-state index contributed by atoms with van der Waals surface area (Å²) in [6.45, 7) is 5.91. The van der Waals surface area contributed by atoms with Crippen molar-refractivity contribution >= 4 is 11.8 Å². The first-order chi connectivity index (χ1) is 13.9. The van der Waals surface area contributed by atoms with Crippen LogP contribution in [0.15, 0.2) is 30.6 Å². The van der Waals surface area contributed by atoms with Crippen molar-refractivity contribution in [1.82, 2.24) is 25.6 Å². The molecule has 0 bridgehead atoms. The van der Waals surface area contributed by atoms with Crippen LogP contribution in [0.2, 0.25) is 0 Å². The first kappa shape index (κ1) is 20.9. The van der Waals surface area contributed by atoms with Gasteiger partial charge >= 0.3 is 0 Å². The molecule has 0 saturated heterocycles. The van der Waals surface area contributed by atoms with Crippen LogP contribution in [0.4, 0.5) is 0 Å². The number of amides is 2. The smallest absolute Gasteiger partial charge is 0.255 e. The second-order valence-electron chi connectivity index (χ2n) is 7.84. The molecule has 29 heavy (non-hydrogen) atoms. The Kier molecular flexibility index (Phi) is 6.90. The maximum Gasteiger partial charge on any atom is 0.255 e. The van der Waals surface area contributed by atoms with Crippen molar-refractivity contribution in [3.8, 4) is 0 Å². The minimum atomic E-state index is -0.168. The van der Waals surface area contributed by atoms with Gasteiger partial charge in [-0.05, 0) is 63.5 Å². The first-order valence-corrected chi connectivity index (χ1v) is 10.2. The molecular formula is C22H29N5O2. The van der Waals surface area contributed by atoms with Gasteiger partial charge in [-0.2, -0.15) is 0 Å². The van der Waals surface area contributed by atoms with Crippen molar-refractivity contribution in [2.24, 2.45) is 11.8 Å². The Morgan fingerprint density at radius 2 is 1.90 bits per heavy atom. The number of hydrogen-bond acceptors (Lipinski definition) is 5. The van der Waals surface area contributed by atoms with Crippen LogP contribution in [-0.2, 0) is 4.79 Å². The Hall–Kier alpha value is -2.83. The van der Waals surface area contributed by atoms with Crippen LogP contribution in [0, 0.1) is 25.7 Å². The van der Waals surface area contributed by atoms with Crippen molar-refractivity contribution in [1.29, 1.82) is 0 Å². The van der Waals surface area contributed by atoms with E-state index >= 15 is 0 Å². The second kappa shape index (κ2) is 9.58. The van der Waals surface area contributed by atoms with Crippen LogP contribution in [-0.4, -0.2) is 33.3 Å². The van der Waals surface area contributed by atoms with Gasteiger partial charge in [0.15, 0.2) is 0 Å². The zero-order valence-electron chi connectivity index (χ0n) is 17.3. The highest BCUT2D eigenvalue weighted by Gasteiger charge is 2.31. The minimum absolute atomic E-state index is 0.0152. The summed E-state index contributed by atoms with van der Waals surface area (Å²) in [5.74, 6) is 1.29. The largest absolute Gasteiger partial charge is 0.356 e. The lowest BCUT2D eigenvalue weighted by molar-refractivity contribution is -0.119. The molecule has 1 aliphatic rings. The minimum Gasteiger partial charge on any atom is -0.356 e. The molecule has 1 fully saturated rings. The van der Waals surface area contributed by atoms with Gasteiger partial charge in [-0.15, -0.1) is 0 Å². The molecule has 2 heterocycles. The Morgan fingerprint density at radius 1 is 1.14 bits per heavy atom. The molecule has 0 radical (unpaired) electrons. The van der Waals surface area contributed by atoms with Crippen molar-refractivity contribution in [2.45, 2.75) is 52.5 Å². The average molecular weight is 396 g/mol. The quantitative estimate of drug-likeness (QED) is 0.784. The molecule has 1 unspecified atom stereocenters. The summed E-state index contributed by atoms with van der Waals surface area (Å²) in [5.41, 5.74) is 2.04. The Bertz CT molecular complexity index is 848. The number of nitrogens with one attached hydrogen (secondary N) is 2. The summed E-state index contributed by atoms with van der Waals surface area (Å²) in [6, 6.07) is 5.63. The summed E-state index contributed by atoms with van der Waals surface area (Å²) < 4.78 is 0. The van der Waals surface area contributed by atoms with Gasteiger partial charge in [0.25, 0.3) is 5.91 Å². The van der Waals surface area contributed by atoms with Gasteiger partial charge in [-0.1, -0.05) is 6.07 Å². The number of rotatable bonds is 6. The number of aryl methyl sites for hydroxylation is 2. The molecule has 2 aromatic heterocycles. The highest BCUT2D eigenvalue weighted by molar-refractivity contribution is 5.95. The molecule has 2 N–H and O–H groups in total. The van der Waals surface area contributed by atoms with Gasteiger partial charge in [-0.25, -0.2) is 9.97 Å². The van der Waals surface area contributed by atoms with E-state index in [1.165, 1.54) is 0 Å². The zero-order chi connectivity index (χ0) is 20.8. The summed E-state index contributed by atoms with van der Waals surface area (Å²) in [4.78, 5) is 37.1. The lowest BCUT2D eigenvalue weighted by Crippen LogP contribution is -2.37. The van der Waals surface area contributed by atoms with Crippen LogP contribution in [0.3, 0.4) is 0 Å². The third-order valence-corrected chi connectivity index (χ3v) is 5.64. The molecule has 1 atom stereocenters. The summed E-state index contributed by atoms with van der Waals surface area (Å²) in [6.07, 6.45) is 7.36. The molecule has 1 saturated carbocycles.